The molecule has 1 atom stereocenters. The Kier molecular flexibility index (Phi) is 3.63. The van der Waals surface area contributed by atoms with Crippen molar-refractivity contribution in [2.24, 2.45) is 7.05 Å². The van der Waals surface area contributed by atoms with Crippen LogP contribution in [0.5, 0.6) is 0 Å². The number of aryl methyl sites for hydroxylation is 2. The Morgan fingerprint density at radius 3 is 2.76 bits per heavy atom. The summed E-state index contributed by atoms with van der Waals surface area (Å²) >= 11 is 0. The van der Waals surface area contributed by atoms with Crippen LogP contribution in [0.25, 0.3) is 10.8 Å². The van der Waals surface area contributed by atoms with Crippen molar-refractivity contribution in [2.45, 2.75) is 19.3 Å². The van der Waals surface area contributed by atoms with Crippen LogP contribution >= 0.6 is 0 Å². The van der Waals surface area contributed by atoms with Gasteiger partial charge in [0.1, 0.15) is 5.82 Å². The highest BCUT2D eigenvalue weighted by atomic mass is 16.2. The molecule has 1 saturated heterocycles. The van der Waals surface area contributed by atoms with Gasteiger partial charge in [-0.2, -0.15) is 5.10 Å². The van der Waals surface area contributed by atoms with Gasteiger partial charge in [0.05, 0.1) is 11.1 Å². The standard InChI is InChI=1S/C18H19N5O2/c1-11-9-22(2)16(19-11)12-7-8-23(10-12)18(25)15-13-5-3-4-6-14(13)17(24)21-20-15/h3-6,9,12H,7-8,10H2,1-2H3,(H,21,24). The molecular formula is C18H19N5O2. The lowest BCUT2D eigenvalue weighted by Crippen LogP contribution is -2.30. The van der Waals surface area contributed by atoms with E-state index in [1.165, 1.54) is 0 Å². The molecule has 2 aromatic heterocycles. The molecule has 7 heteroatoms. The first-order valence-electron chi connectivity index (χ1n) is 8.31. The molecule has 0 bridgehead atoms. The zero-order valence-electron chi connectivity index (χ0n) is 14.2. The summed E-state index contributed by atoms with van der Waals surface area (Å²) < 4.78 is 2.03. The topological polar surface area (TPSA) is 83.9 Å². The van der Waals surface area contributed by atoms with Crippen molar-refractivity contribution in [1.29, 1.82) is 0 Å². The number of carbonyl (C=O) groups is 1. The van der Waals surface area contributed by atoms with Crippen LogP contribution in [0.4, 0.5) is 0 Å². The molecule has 25 heavy (non-hydrogen) atoms. The second-order valence-corrected chi connectivity index (χ2v) is 6.54. The van der Waals surface area contributed by atoms with Crippen LogP contribution in [0.2, 0.25) is 0 Å². The monoisotopic (exact) mass is 337 g/mol. The van der Waals surface area contributed by atoms with E-state index in [1.54, 1.807) is 23.1 Å². The molecular weight excluding hydrogens is 318 g/mol. The predicted molar refractivity (Wildman–Crippen MR) is 93.6 cm³/mol. The third-order valence-electron chi connectivity index (χ3n) is 4.77. The molecule has 0 radical (unpaired) electrons. The van der Waals surface area contributed by atoms with Crippen LogP contribution < -0.4 is 5.56 Å². The van der Waals surface area contributed by atoms with Crippen molar-refractivity contribution in [3.63, 3.8) is 0 Å². The minimum absolute atomic E-state index is 0.152. The van der Waals surface area contributed by atoms with E-state index in [9.17, 15) is 9.59 Å². The number of fused-ring (bicyclic) bond motifs is 1. The van der Waals surface area contributed by atoms with Gasteiger partial charge >= 0.3 is 0 Å². The van der Waals surface area contributed by atoms with E-state index in [-0.39, 0.29) is 17.4 Å². The van der Waals surface area contributed by atoms with Gasteiger partial charge in [-0.25, -0.2) is 10.1 Å². The van der Waals surface area contributed by atoms with Gasteiger partial charge in [0.15, 0.2) is 5.69 Å². The molecule has 3 aromatic rings. The molecule has 0 aliphatic carbocycles. The van der Waals surface area contributed by atoms with Crippen molar-refractivity contribution in [3.05, 3.63) is 58.0 Å². The Morgan fingerprint density at radius 2 is 2.04 bits per heavy atom. The highest BCUT2D eigenvalue weighted by molar-refractivity contribution is 6.04. The molecule has 1 N–H and O–H groups in total. The summed E-state index contributed by atoms with van der Waals surface area (Å²) in [7, 11) is 1.98. The Balaban J connectivity index is 1.64. The average Bonchev–Trinajstić information content (AvgIpc) is 3.21. The fourth-order valence-electron chi connectivity index (χ4n) is 3.60. The van der Waals surface area contributed by atoms with Gasteiger partial charge in [-0.3, -0.25) is 9.59 Å². The van der Waals surface area contributed by atoms with Crippen LogP contribution in [-0.4, -0.2) is 43.6 Å². The quantitative estimate of drug-likeness (QED) is 0.770. The Labute approximate surface area is 144 Å². The van der Waals surface area contributed by atoms with Crippen molar-refractivity contribution in [2.75, 3.05) is 13.1 Å². The van der Waals surface area contributed by atoms with Gasteiger partial charge in [0.2, 0.25) is 0 Å². The number of amides is 1. The molecule has 3 heterocycles. The molecule has 1 amide bonds. The van der Waals surface area contributed by atoms with Gasteiger partial charge in [-0.05, 0) is 19.4 Å². The van der Waals surface area contributed by atoms with Crippen molar-refractivity contribution in [3.8, 4) is 0 Å². The van der Waals surface area contributed by atoms with E-state index in [0.29, 0.717) is 29.6 Å². The minimum atomic E-state index is -0.282. The molecule has 1 aromatic carbocycles. The fraction of sp³-hybridized carbons (Fsp3) is 0.333. The van der Waals surface area contributed by atoms with Crippen molar-refractivity contribution < 1.29 is 4.79 Å². The second-order valence-electron chi connectivity index (χ2n) is 6.54. The predicted octanol–water partition coefficient (Wildman–Crippen LogP) is 1.59. The Hall–Kier alpha value is -2.96. The molecule has 4 rings (SSSR count). The maximum Gasteiger partial charge on any atom is 0.274 e. The summed E-state index contributed by atoms with van der Waals surface area (Å²) in [6.07, 6.45) is 2.87. The van der Waals surface area contributed by atoms with Gasteiger partial charge < -0.3 is 9.47 Å². The second kappa shape index (κ2) is 5.84. The maximum atomic E-state index is 13.0. The van der Waals surface area contributed by atoms with E-state index in [0.717, 1.165) is 17.9 Å². The summed E-state index contributed by atoms with van der Waals surface area (Å²) in [6, 6.07) is 7.06. The largest absolute Gasteiger partial charge is 0.337 e. The first-order valence-corrected chi connectivity index (χ1v) is 8.31. The van der Waals surface area contributed by atoms with Gasteiger partial charge in [-0.1, -0.05) is 18.2 Å². The molecule has 0 spiro atoms. The lowest BCUT2D eigenvalue weighted by Gasteiger charge is -2.16. The maximum absolute atomic E-state index is 13.0. The number of carbonyl (C=O) groups excluding carboxylic acids is 1. The summed E-state index contributed by atoms with van der Waals surface area (Å²) in [4.78, 5) is 31.2. The smallest absolute Gasteiger partial charge is 0.274 e. The number of imidazole rings is 1. The number of rotatable bonds is 2. The number of hydrogen-bond acceptors (Lipinski definition) is 4. The van der Waals surface area contributed by atoms with E-state index in [4.69, 9.17) is 0 Å². The van der Waals surface area contributed by atoms with Crippen LogP contribution in [0, 0.1) is 6.92 Å². The third-order valence-corrected chi connectivity index (χ3v) is 4.77. The lowest BCUT2D eigenvalue weighted by atomic mass is 10.1. The molecule has 1 unspecified atom stereocenters. The zero-order chi connectivity index (χ0) is 17.6. The lowest BCUT2D eigenvalue weighted by molar-refractivity contribution is 0.0785. The normalized spacial score (nSPS) is 17.4. The number of aromatic nitrogens is 4. The van der Waals surface area contributed by atoms with Crippen LogP contribution in [-0.2, 0) is 7.05 Å². The Bertz CT molecular complexity index is 1020. The number of nitrogens with one attached hydrogen (secondary N) is 1. The van der Waals surface area contributed by atoms with Crippen molar-refractivity contribution in [1.82, 2.24) is 24.6 Å². The summed E-state index contributed by atoms with van der Waals surface area (Å²) in [5, 5.41) is 7.53. The molecule has 1 fully saturated rings. The third kappa shape index (κ3) is 2.61. The first-order chi connectivity index (χ1) is 12.0. The van der Waals surface area contributed by atoms with Gasteiger partial charge in [0, 0.05) is 37.6 Å². The number of likely N-dealkylation sites (tertiary alicyclic amines) is 1. The summed E-state index contributed by atoms with van der Waals surface area (Å²) in [5.41, 5.74) is 0.998. The van der Waals surface area contributed by atoms with Crippen molar-refractivity contribution >= 4 is 16.7 Å². The van der Waals surface area contributed by atoms with Gasteiger partial charge in [0.25, 0.3) is 11.5 Å². The summed E-state index contributed by atoms with van der Waals surface area (Å²) in [5.74, 6) is 1.07. The number of aromatic amines is 1. The fourth-order valence-corrected chi connectivity index (χ4v) is 3.60. The molecule has 1 aliphatic heterocycles. The van der Waals surface area contributed by atoms with E-state index >= 15 is 0 Å². The molecule has 7 nitrogen and oxygen atoms in total. The van der Waals surface area contributed by atoms with E-state index in [1.807, 2.05) is 30.8 Å². The number of H-pyrrole nitrogens is 1. The van der Waals surface area contributed by atoms with Crippen LogP contribution in [0.15, 0.2) is 35.3 Å². The minimum Gasteiger partial charge on any atom is -0.337 e. The number of nitrogens with zero attached hydrogens (tertiary/aromatic N) is 4. The van der Waals surface area contributed by atoms with E-state index in [2.05, 4.69) is 15.2 Å². The molecule has 0 saturated carbocycles. The van der Waals surface area contributed by atoms with Crippen LogP contribution in [0.1, 0.15) is 34.3 Å². The Morgan fingerprint density at radius 1 is 1.28 bits per heavy atom. The van der Waals surface area contributed by atoms with Crippen LogP contribution in [0.3, 0.4) is 0 Å². The highest BCUT2D eigenvalue weighted by Crippen LogP contribution is 2.28. The molecule has 128 valence electrons. The van der Waals surface area contributed by atoms with Gasteiger partial charge in [-0.15, -0.1) is 0 Å². The first kappa shape index (κ1) is 15.6. The highest BCUT2D eigenvalue weighted by Gasteiger charge is 2.31. The summed E-state index contributed by atoms with van der Waals surface area (Å²) in [6.45, 7) is 3.24. The van der Waals surface area contributed by atoms with E-state index < -0.39 is 0 Å². The number of benzene rings is 1. The SMILES string of the molecule is Cc1cn(C)c(C2CCN(C(=O)c3n[nH]c(=O)c4ccccc34)C2)n1. The number of hydrogen-bond donors (Lipinski definition) is 1. The average molecular weight is 337 g/mol. The zero-order valence-corrected chi connectivity index (χ0v) is 14.2. The molecule has 1 aliphatic rings.